The van der Waals surface area contributed by atoms with Crippen LogP contribution in [0.4, 0.5) is 13.2 Å². The molecule has 0 aliphatic heterocycles. The van der Waals surface area contributed by atoms with Crippen molar-refractivity contribution in [3.8, 4) is 22.3 Å². The van der Waals surface area contributed by atoms with Crippen LogP contribution < -0.4 is 0 Å². The second-order valence-electron chi connectivity index (χ2n) is 5.47. The SMILES string of the molecule is Cc1cc(-c2ccc(C(F)(F)F)cc2)ccc1-c1ccccc1. The van der Waals surface area contributed by atoms with Crippen LogP contribution in [-0.4, -0.2) is 0 Å². The lowest BCUT2D eigenvalue weighted by molar-refractivity contribution is -0.137. The molecule has 0 heterocycles. The molecule has 0 aliphatic rings. The highest BCUT2D eigenvalue weighted by atomic mass is 19.4. The van der Waals surface area contributed by atoms with Gasteiger partial charge < -0.3 is 0 Å². The summed E-state index contributed by atoms with van der Waals surface area (Å²) in [5, 5.41) is 0. The summed E-state index contributed by atoms with van der Waals surface area (Å²) in [5.74, 6) is 0. The van der Waals surface area contributed by atoms with Crippen LogP contribution in [0.15, 0.2) is 72.8 Å². The first-order chi connectivity index (χ1) is 10.9. The van der Waals surface area contributed by atoms with Crippen molar-refractivity contribution in [3.63, 3.8) is 0 Å². The largest absolute Gasteiger partial charge is 0.416 e. The Morgan fingerprint density at radius 2 is 1.26 bits per heavy atom. The van der Waals surface area contributed by atoms with Crippen molar-refractivity contribution in [3.05, 3.63) is 83.9 Å². The van der Waals surface area contributed by atoms with E-state index in [1.165, 1.54) is 12.1 Å². The number of alkyl halides is 3. The number of halogens is 3. The molecule has 116 valence electrons. The maximum Gasteiger partial charge on any atom is 0.416 e. The fraction of sp³-hybridized carbons (Fsp3) is 0.100. The molecule has 0 spiro atoms. The molecule has 0 nitrogen and oxygen atoms in total. The Labute approximate surface area is 133 Å². The number of hydrogen-bond donors (Lipinski definition) is 0. The van der Waals surface area contributed by atoms with Crippen molar-refractivity contribution < 1.29 is 13.2 Å². The zero-order valence-electron chi connectivity index (χ0n) is 12.6. The normalized spacial score (nSPS) is 11.5. The van der Waals surface area contributed by atoms with Crippen molar-refractivity contribution in [2.45, 2.75) is 13.1 Å². The van der Waals surface area contributed by atoms with Gasteiger partial charge in [-0.3, -0.25) is 0 Å². The average molecular weight is 312 g/mol. The molecule has 0 saturated carbocycles. The molecular formula is C20H15F3. The second-order valence-corrected chi connectivity index (χ2v) is 5.47. The Morgan fingerprint density at radius 3 is 1.83 bits per heavy atom. The maximum atomic E-state index is 12.6. The highest BCUT2D eigenvalue weighted by Crippen LogP contribution is 2.32. The van der Waals surface area contributed by atoms with Gasteiger partial charge in [0.25, 0.3) is 0 Å². The van der Waals surface area contributed by atoms with Gasteiger partial charge in [-0.15, -0.1) is 0 Å². The van der Waals surface area contributed by atoms with Crippen LogP contribution in [0.1, 0.15) is 11.1 Å². The van der Waals surface area contributed by atoms with Gasteiger partial charge in [0.1, 0.15) is 0 Å². The molecule has 3 aromatic carbocycles. The summed E-state index contributed by atoms with van der Waals surface area (Å²) >= 11 is 0. The van der Waals surface area contributed by atoms with E-state index < -0.39 is 11.7 Å². The van der Waals surface area contributed by atoms with Crippen LogP contribution in [0.2, 0.25) is 0 Å². The fourth-order valence-electron chi connectivity index (χ4n) is 2.64. The first-order valence-corrected chi connectivity index (χ1v) is 7.29. The predicted molar refractivity (Wildman–Crippen MR) is 87.1 cm³/mol. The van der Waals surface area contributed by atoms with Gasteiger partial charge in [0.2, 0.25) is 0 Å². The molecule has 0 fully saturated rings. The molecule has 0 atom stereocenters. The van der Waals surface area contributed by atoms with E-state index in [0.717, 1.165) is 39.9 Å². The van der Waals surface area contributed by atoms with Crippen LogP contribution >= 0.6 is 0 Å². The monoisotopic (exact) mass is 312 g/mol. The summed E-state index contributed by atoms with van der Waals surface area (Å²) in [5.41, 5.74) is 4.41. The number of hydrogen-bond acceptors (Lipinski definition) is 0. The zero-order chi connectivity index (χ0) is 16.4. The molecular weight excluding hydrogens is 297 g/mol. The number of benzene rings is 3. The van der Waals surface area contributed by atoms with E-state index in [-0.39, 0.29) is 0 Å². The Hall–Kier alpha value is -2.55. The van der Waals surface area contributed by atoms with Crippen LogP contribution in [0, 0.1) is 6.92 Å². The molecule has 3 aromatic rings. The lowest BCUT2D eigenvalue weighted by Gasteiger charge is -2.11. The number of aryl methyl sites for hydroxylation is 1. The van der Waals surface area contributed by atoms with Gasteiger partial charge in [0.05, 0.1) is 5.56 Å². The average Bonchev–Trinajstić information content (AvgIpc) is 2.55. The third kappa shape index (κ3) is 3.29. The Balaban J connectivity index is 1.94. The highest BCUT2D eigenvalue weighted by Gasteiger charge is 2.29. The van der Waals surface area contributed by atoms with Crippen molar-refractivity contribution in [2.24, 2.45) is 0 Å². The van der Waals surface area contributed by atoms with E-state index >= 15 is 0 Å². The summed E-state index contributed by atoms with van der Waals surface area (Å²) in [6.07, 6.45) is -4.30. The zero-order valence-corrected chi connectivity index (χ0v) is 12.6. The molecule has 0 aromatic heterocycles. The quantitative estimate of drug-likeness (QED) is 0.517. The molecule has 0 amide bonds. The Morgan fingerprint density at radius 1 is 0.652 bits per heavy atom. The molecule has 0 unspecified atom stereocenters. The van der Waals surface area contributed by atoms with Crippen molar-refractivity contribution in [1.82, 2.24) is 0 Å². The second kappa shape index (κ2) is 5.92. The summed E-state index contributed by atoms with van der Waals surface area (Å²) in [7, 11) is 0. The molecule has 0 bridgehead atoms. The summed E-state index contributed by atoms with van der Waals surface area (Å²) in [6.45, 7) is 2.01. The lowest BCUT2D eigenvalue weighted by atomic mass is 9.95. The summed E-state index contributed by atoms with van der Waals surface area (Å²) in [6, 6.07) is 21.2. The standard InChI is InChI=1S/C20H15F3/c1-14-13-17(9-12-19(14)16-5-3-2-4-6-16)15-7-10-18(11-8-15)20(21,22)23/h2-13H,1H3. The predicted octanol–water partition coefficient (Wildman–Crippen LogP) is 6.35. The minimum absolute atomic E-state index is 0.626. The molecule has 23 heavy (non-hydrogen) atoms. The molecule has 3 heteroatoms. The minimum Gasteiger partial charge on any atom is -0.166 e. The van der Waals surface area contributed by atoms with E-state index in [0.29, 0.717) is 0 Å². The van der Waals surface area contributed by atoms with Crippen LogP contribution in [0.25, 0.3) is 22.3 Å². The van der Waals surface area contributed by atoms with Crippen molar-refractivity contribution in [2.75, 3.05) is 0 Å². The van der Waals surface area contributed by atoms with E-state index in [1.54, 1.807) is 0 Å². The van der Waals surface area contributed by atoms with Crippen molar-refractivity contribution in [1.29, 1.82) is 0 Å². The van der Waals surface area contributed by atoms with Gasteiger partial charge in [0.15, 0.2) is 0 Å². The third-order valence-corrected chi connectivity index (χ3v) is 3.86. The Bertz CT molecular complexity index is 801. The van der Waals surface area contributed by atoms with Crippen molar-refractivity contribution >= 4 is 0 Å². The highest BCUT2D eigenvalue weighted by molar-refractivity contribution is 5.73. The molecule has 3 rings (SSSR count). The maximum absolute atomic E-state index is 12.6. The molecule has 0 N–H and O–H groups in total. The molecule has 0 radical (unpaired) electrons. The third-order valence-electron chi connectivity index (χ3n) is 3.86. The topological polar surface area (TPSA) is 0 Å². The first-order valence-electron chi connectivity index (χ1n) is 7.29. The van der Waals surface area contributed by atoms with E-state index in [1.807, 2.05) is 55.5 Å². The first kappa shape index (κ1) is 15.3. The number of rotatable bonds is 2. The minimum atomic E-state index is -4.30. The van der Waals surface area contributed by atoms with Gasteiger partial charge in [0, 0.05) is 0 Å². The summed E-state index contributed by atoms with van der Waals surface area (Å²) in [4.78, 5) is 0. The van der Waals surface area contributed by atoms with Gasteiger partial charge >= 0.3 is 6.18 Å². The fourth-order valence-corrected chi connectivity index (χ4v) is 2.64. The summed E-state index contributed by atoms with van der Waals surface area (Å²) < 4.78 is 37.9. The van der Waals surface area contributed by atoms with Gasteiger partial charge in [-0.2, -0.15) is 13.2 Å². The van der Waals surface area contributed by atoms with Crippen LogP contribution in [0.5, 0.6) is 0 Å². The van der Waals surface area contributed by atoms with E-state index in [4.69, 9.17) is 0 Å². The molecule has 0 aliphatic carbocycles. The lowest BCUT2D eigenvalue weighted by Crippen LogP contribution is -2.03. The van der Waals surface area contributed by atoms with Gasteiger partial charge in [-0.1, -0.05) is 60.7 Å². The van der Waals surface area contributed by atoms with Crippen LogP contribution in [0.3, 0.4) is 0 Å². The smallest absolute Gasteiger partial charge is 0.166 e. The van der Waals surface area contributed by atoms with Gasteiger partial charge in [-0.25, -0.2) is 0 Å². The Kier molecular flexibility index (Phi) is 3.95. The molecule has 0 saturated heterocycles. The van der Waals surface area contributed by atoms with Crippen LogP contribution in [-0.2, 0) is 6.18 Å². The van der Waals surface area contributed by atoms with Gasteiger partial charge in [-0.05, 0) is 46.9 Å². The van der Waals surface area contributed by atoms with E-state index in [9.17, 15) is 13.2 Å². The van der Waals surface area contributed by atoms with E-state index in [2.05, 4.69) is 0 Å².